The van der Waals surface area contributed by atoms with E-state index in [0.29, 0.717) is 5.56 Å². The summed E-state index contributed by atoms with van der Waals surface area (Å²) in [6.07, 6.45) is 1.35. The first kappa shape index (κ1) is 20.0. The van der Waals surface area contributed by atoms with Crippen LogP contribution in [0.15, 0.2) is 69.3 Å². The van der Waals surface area contributed by atoms with E-state index in [0.717, 1.165) is 27.1 Å². The summed E-state index contributed by atoms with van der Waals surface area (Å²) in [4.78, 5) is 26.7. The molecule has 0 bridgehead atoms. The Morgan fingerprint density at radius 2 is 1.87 bits per heavy atom. The molecule has 1 aliphatic heterocycles. The fourth-order valence-electron chi connectivity index (χ4n) is 3.40. The van der Waals surface area contributed by atoms with Crippen molar-refractivity contribution in [1.29, 1.82) is 0 Å². The van der Waals surface area contributed by atoms with Crippen LogP contribution in [-0.4, -0.2) is 16.8 Å². The number of hydrogen-bond acceptors (Lipinski definition) is 4. The third kappa shape index (κ3) is 3.23. The van der Waals surface area contributed by atoms with Crippen LogP contribution in [0.3, 0.4) is 0 Å². The Bertz CT molecular complexity index is 1200. The Labute approximate surface area is 178 Å². The highest BCUT2D eigenvalue weighted by Gasteiger charge is 2.48. The van der Waals surface area contributed by atoms with Crippen molar-refractivity contribution in [2.24, 2.45) is 0 Å². The van der Waals surface area contributed by atoms with Crippen molar-refractivity contribution >= 4 is 39.1 Å². The standard InChI is InChI=1S/C22H14BrF2NO4/c1-11-9-12(4-6-14(11)23)20(27)18-19(17-3-2-8-30-17)26(22(29)21(18)28)13-5-7-15(24)16(25)10-13/h2-10,19,27H,1H3/b20-18-. The Balaban J connectivity index is 1.93. The average Bonchev–Trinajstić information content (AvgIpc) is 3.33. The molecule has 0 saturated carbocycles. The second-order valence-electron chi connectivity index (χ2n) is 6.75. The highest BCUT2D eigenvalue weighted by Crippen LogP contribution is 2.42. The zero-order valence-electron chi connectivity index (χ0n) is 15.5. The zero-order valence-corrected chi connectivity index (χ0v) is 17.1. The fraction of sp³-hybridized carbons (Fsp3) is 0.0909. The van der Waals surface area contributed by atoms with Gasteiger partial charge in [0.2, 0.25) is 0 Å². The number of carbonyl (C=O) groups is 2. The maximum atomic E-state index is 13.8. The number of anilines is 1. The molecule has 0 spiro atoms. The second kappa shape index (κ2) is 7.53. The number of aryl methyl sites for hydroxylation is 1. The molecular weight excluding hydrogens is 460 g/mol. The zero-order chi connectivity index (χ0) is 21.6. The van der Waals surface area contributed by atoms with Gasteiger partial charge in [-0.1, -0.05) is 22.0 Å². The van der Waals surface area contributed by atoms with Gasteiger partial charge in [0.15, 0.2) is 11.6 Å². The first-order valence-corrected chi connectivity index (χ1v) is 9.65. The summed E-state index contributed by atoms with van der Waals surface area (Å²) in [6.45, 7) is 1.81. The molecule has 1 saturated heterocycles. The summed E-state index contributed by atoms with van der Waals surface area (Å²) in [5.74, 6) is -4.41. The van der Waals surface area contributed by atoms with Gasteiger partial charge >= 0.3 is 0 Å². The summed E-state index contributed by atoms with van der Waals surface area (Å²) < 4.78 is 33.5. The van der Waals surface area contributed by atoms with Crippen molar-refractivity contribution in [2.45, 2.75) is 13.0 Å². The van der Waals surface area contributed by atoms with Crippen LogP contribution in [0.1, 0.15) is 22.9 Å². The van der Waals surface area contributed by atoms with Gasteiger partial charge in [0.05, 0.1) is 11.8 Å². The van der Waals surface area contributed by atoms with Crippen molar-refractivity contribution < 1.29 is 27.9 Å². The molecule has 1 aliphatic rings. The number of furan rings is 1. The molecule has 1 aromatic heterocycles. The van der Waals surface area contributed by atoms with Crippen LogP contribution in [0, 0.1) is 18.6 Å². The van der Waals surface area contributed by atoms with Crippen molar-refractivity contribution in [3.8, 4) is 0 Å². The molecule has 1 amide bonds. The number of nitrogens with zero attached hydrogens (tertiary/aromatic N) is 1. The lowest BCUT2D eigenvalue weighted by Gasteiger charge is -2.23. The summed E-state index contributed by atoms with van der Waals surface area (Å²) in [6, 6.07) is 9.77. The minimum absolute atomic E-state index is 0.0385. The lowest BCUT2D eigenvalue weighted by Crippen LogP contribution is -2.29. The van der Waals surface area contributed by atoms with Gasteiger partial charge in [0, 0.05) is 21.8 Å². The molecule has 2 aromatic carbocycles. The van der Waals surface area contributed by atoms with E-state index < -0.39 is 35.1 Å². The quantitative estimate of drug-likeness (QED) is 0.320. The second-order valence-corrected chi connectivity index (χ2v) is 7.60. The van der Waals surface area contributed by atoms with Crippen LogP contribution in [0.5, 0.6) is 0 Å². The Morgan fingerprint density at radius 3 is 2.50 bits per heavy atom. The van der Waals surface area contributed by atoms with Gasteiger partial charge in [0.25, 0.3) is 11.7 Å². The highest BCUT2D eigenvalue weighted by molar-refractivity contribution is 9.10. The number of aliphatic hydroxyl groups is 1. The van der Waals surface area contributed by atoms with Gasteiger partial charge in [-0.3, -0.25) is 14.5 Å². The van der Waals surface area contributed by atoms with Crippen LogP contribution in [0.25, 0.3) is 5.76 Å². The molecule has 152 valence electrons. The van der Waals surface area contributed by atoms with E-state index in [9.17, 15) is 23.5 Å². The van der Waals surface area contributed by atoms with E-state index in [2.05, 4.69) is 15.9 Å². The van der Waals surface area contributed by atoms with E-state index in [1.165, 1.54) is 18.4 Å². The van der Waals surface area contributed by atoms with Gasteiger partial charge in [0.1, 0.15) is 17.6 Å². The third-order valence-corrected chi connectivity index (χ3v) is 5.76. The number of aliphatic hydroxyl groups excluding tert-OH is 1. The van der Waals surface area contributed by atoms with Crippen molar-refractivity contribution in [2.75, 3.05) is 4.90 Å². The normalized spacial score (nSPS) is 18.3. The lowest BCUT2D eigenvalue weighted by atomic mass is 9.98. The first-order chi connectivity index (χ1) is 14.3. The molecule has 1 fully saturated rings. The number of amides is 1. The number of halogens is 3. The van der Waals surface area contributed by atoms with E-state index in [1.807, 2.05) is 6.92 Å². The minimum Gasteiger partial charge on any atom is -0.507 e. The lowest BCUT2D eigenvalue weighted by molar-refractivity contribution is -0.132. The van der Waals surface area contributed by atoms with E-state index in [4.69, 9.17) is 4.42 Å². The predicted octanol–water partition coefficient (Wildman–Crippen LogP) is 5.26. The van der Waals surface area contributed by atoms with E-state index in [-0.39, 0.29) is 17.0 Å². The largest absolute Gasteiger partial charge is 0.507 e. The molecule has 0 radical (unpaired) electrons. The number of rotatable bonds is 3. The molecule has 3 aromatic rings. The SMILES string of the molecule is Cc1cc(/C(O)=C2/C(=O)C(=O)N(c3ccc(F)c(F)c3)C2c2ccco2)ccc1Br. The van der Waals surface area contributed by atoms with Crippen LogP contribution < -0.4 is 4.90 Å². The number of benzene rings is 2. The Hall–Kier alpha value is -3.26. The maximum absolute atomic E-state index is 13.8. The maximum Gasteiger partial charge on any atom is 0.300 e. The van der Waals surface area contributed by atoms with Gasteiger partial charge < -0.3 is 9.52 Å². The highest BCUT2D eigenvalue weighted by atomic mass is 79.9. The molecule has 2 heterocycles. The summed E-state index contributed by atoms with van der Waals surface area (Å²) in [5, 5.41) is 10.9. The van der Waals surface area contributed by atoms with Gasteiger partial charge in [-0.15, -0.1) is 0 Å². The number of carbonyl (C=O) groups excluding carboxylic acids is 2. The first-order valence-electron chi connectivity index (χ1n) is 8.85. The molecule has 1 unspecified atom stereocenters. The number of Topliss-reactive ketones (excluding diaryl/α,β-unsaturated/α-hetero) is 1. The average molecular weight is 474 g/mol. The molecule has 4 rings (SSSR count). The molecule has 0 aliphatic carbocycles. The molecule has 1 atom stereocenters. The summed E-state index contributed by atoms with van der Waals surface area (Å²) >= 11 is 3.37. The van der Waals surface area contributed by atoms with E-state index >= 15 is 0 Å². The number of ketones is 1. The van der Waals surface area contributed by atoms with Crippen LogP contribution in [0.2, 0.25) is 0 Å². The summed E-state index contributed by atoms with van der Waals surface area (Å²) in [5.41, 5.74) is 0.892. The molecule has 5 nitrogen and oxygen atoms in total. The summed E-state index contributed by atoms with van der Waals surface area (Å²) in [7, 11) is 0. The molecular formula is C22H14BrF2NO4. The van der Waals surface area contributed by atoms with E-state index in [1.54, 1.807) is 24.3 Å². The molecule has 1 N–H and O–H groups in total. The number of hydrogen-bond donors (Lipinski definition) is 1. The minimum atomic E-state index is -1.17. The van der Waals surface area contributed by atoms with Crippen LogP contribution >= 0.6 is 15.9 Å². The fourth-order valence-corrected chi connectivity index (χ4v) is 3.64. The van der Waals surface area contributed by atoms with Gasteiger partial charge in [-0.05, 0) is 48.9 Å². The predicted molar refractivity (Wildman–Crippen MR) is 109 cm³/mol. The topological polar surface area (TPSA) is 70.8 Å². The van der Waals surface area contributed by atoms with Gasteiger partial charge in [-0.2, -0.15) is 0 Å². The van der Waals surface area contributed by atoms with Crippen molar-refractivity contribution in [3.05, 3.63) is 93.4 Å². The van der Waals surface area contributed by atoms with Gasteiger partial charge in [-0.25, -0.2) is 8.78 Å². The third-order valence-electron chi connectivity index (χ3n) is 4.87. The van der Waals surface area contributed by atoms with Crippen molar-refractivity contribution in [3.63, 3.8) is 0 Å². The smallest absolute Gasteiger partial charge is 0.300 e. The van der Waals surface area contributed by atoms with Crippen molar-refractivity contribution in [1.82, 2.24) is 0 Å². The van der Waals surface area contributed by atoms with Crippen LogP contribution in [-0.2, 0) is 9.59 Å². The molecule has 8 heteroatoms. The monoisotopic (exact) mass is 473 g/mol. The Morgan fingerprint density at radius 1 is 1.10 bits per heavy atom. The molecule has 30 heavy (non-hydrogen) atoms. The van der Waals surface area contributed by atoms with Crippen LogP contribution in [0.4, 0.5) is 14.5 Å². The Kier molecular flexibility index (Phi) is 5.03.